The predicted octanol–water partition coefficient (Wildman–Crippen LogP) is -1.59. The number of carbonyl (C=O) groups excluding carboxylic acids is 1. The highest BCUT2D eigenvalue weighted by Crippen LogP contribution is 1.84. The number of aliphatic hydroxyl groups excluding tert-OH is 2. The van der Waals surface area contributed by atoms with Crippen molar-refractivity contribution in [3.8, 4) is 0 Å². The van der Waals surface area contributed by atoms with Crippen LogP contribution in [0.25, 0.3) is 0 Å². The van der Waals surface area contributed by atoms with Gasteiger partial charge in [-0.1, -0.05) is 0 Å². The zero-order valence-electron chi connectivity index (χ0n) is 7.99. The highest BCUT2D eigenvalue weighted by Gasteiger charge is 2.02. The standard InChI is InChI=1S/C8H18N2O3/c1-8(13)9-2-3-10(4-6-11)5-7-12/h11-12H,2-7H2,1H3,(H,9,13). The molecule has 0 aliphatic heterocycles. The molecule has 0 rings (SSSR count). The molecule has 0 fully saturated rings. The number of nitrogens with zero attached hydrogens (tertiary/aromatic N) is 1. The monoisotopic (exact) mass is 190 g/mol. The van der Waals surface area contributed by atoms with Crippen molar-refractivity contribution in [3.63, 3.8) is 0 Å². The molecule has 5 nitrogen and oxygen atoms in total. The third-order valence-electron chi connectivity index (χ3n) is 1.63. The van der Waals surface area contributed by atoms with Gasteiger partial charge in [-0.3, -0.25) is 9.69 Å². The van der Waals surface area contributed by atoms with Crippen LogP contribution >= 0.6 is 0 Å². The first-order chi connectivity index (χ1) is 6.20. The van der Waals surface area contributed by atoms with E-state index in [1.165, 1.54) is 6.92 Å². The molecule has 5 heteroatoms. The molecule has 0 spiro atoms. The normalized spacial score (nSPS) is 10.5. The molecule has 0 saturated carbocycles. The van der Waals surface area contributed by atoms with Gasteiger partial charge in [0, 0.05) is 33.1 Å². The van der Waals surface area contributed by atoms with Crippen molar-refractivity contribution in [3.05, 3.63) is 0 Å². The minimum atomic E-state index is -0.0621. The smallest absolute Gasteiger partial charge is 0.216 e. The van der Waals surface area contributed by atoms with Crippen molar-refractivity contribution >= 4 is 5.91 Å². The molecule has 0 aliphatic carbocycles. The summed E-state index contributed by atoms with van der Waals surface area (Å²) < 4.78 is 0. The Balaban J connectivity index is 3.49. The fourth-order valence-electron chi connectivity index (χ4n) is 1.01. The quantitative estimate of drug-likeness (QED) is 0.452. The lowest BCUT2D eigenvalue weighted by Gasteiger charge is -2.19. The minimum absolute atomic E-state index is 0.0621. The molecule has 3 N–H and O–H groups in total. The summed E-state index contributed by atoms with van der Waals surface area (Å²) in [4.78, 5) is 12.4. The van der Waals surface area contributed by atoms with Crippen LogP contribution in [0.5, 0.6) is 0 Å². The Hall–Kier alpha value is -0.650. The predicted molar refractivity (Wildman–Crippen MR) is 49.3 cm³/mol. The molecule has 0 aliphatic rings. The summed E-state index contributed by atoms with van der Waals surface area (Å²) >= 11 is 0. The number of hydrogen-bond acceptors (Lipinski definition) is 4. The Bertz CT molecular complexity index is 135. The van der Waals surface area contributed by atoms with Gasteiger partial charge >= 0.3 is 0 Å². The zero-order chi connectivity index (χ0) is 10.1. The molecule has 0 radical (unpaired) electrons. The van der Waals surface area contributed by atoms with Crippen LogP contribution in [0.4, 0.5) is 0 Å². The average Bonchev–Trinajstić information content (AvgIpc) is 2.04. The SMILES string of the molecule is CC(=O)NCCN(CCO)CCO. The van der Waals surface area contributed by atoms with Crippen LogP contribution < -0.4 is 5.32 Å². The summed E-state index contributed by atoms with van der Waals surface area (Å²) in [6.45, 7) is 3.86. The van der Waals surface area contributed by atoms with Crippen molar-refractivity contribution in [1.29, 1.82) is 0 Å². The number of nitrogens with one attached hydrogen (secondary N) is 1. The Kier molecular flexibility index (Phi) is 7.57. The second kappa shape index (κ2) is 7.97. The third-order valence-corrected chi connectivity index (χ3v) is 1.63. The van der Waals surface area contributed by atoms with E-state index in [1.807, 2.05) is 4.90 Å². The van der Waals surface area contributed by atoms with Gasteiger partial charge in [-0.05, 0) is 0 Å². The zero-order valence-corrected chi connectivity index (χ0v) is 7.99. The lowest BCUT2D eigenvalue weighted by atomic mass is 10.4. The molecule has 0 aromatic heterocycles. The van der Waals surface area contributed by atoms with Gasteiger partial charge in [0.05, 0.1) is 13.2 Å². The summed E-state index contributed by atoms with van der Waals surface area (Å²) in [6.07, 6.45) is 0. The van der Waals surface area contributed by atoms with Crippen LogP contribution in [0, 0.1) is 0 Å². The van der Waals surface area contributed by atoms with E-state index in [9.17, 15) is 4.79 Å². The average molecular weight is 190 g/mol. The van der Waals surface area contributed by atoms with Crippen LogP contribution in [0.15, 0.2) is 0 Å². The topological polar surface area (TPSA) is 72.8 Å². The molecule has 13 heavy (non-hydrogen) atoms. The van der Waals surface area contributed by atoms with E-state index >= 15 is 0 Å². The van der Waals surface area contributed by atoms with Crippen LogP contribution in [0.1, 0.15) is 6.92 Å². The number of rotatable bonds is 7. The molecule has 0 saturated heterocycles. The van der Waals surface area contributed by atoms with Crippen LogP contribution in [-0.2, 0) is 4.79 Å². The highest BCUT2D eigenvalue weighted by molar-refractivity contribution is 5.72. The lowest BCUT2D eigenvalue weighted by molar-refractivity contribution is -0.119. The molecule has 0 aromatic carbocycles. The van der Waals surface area contributed by atoms with Crippen molar-refractivity contribution in [1.82, 2.24) is 10.2 Å². The van der Waals surface area contributed by atoms with E-state index in [0.717, 1.165) is 0 Å². The molecule has 0 bridgehead atoms. The van der Waals surface area contributed by atoms with Crippen LogP contribution in [0.2, 0.25) is 0 Å². The second-order valence-corrected chi connectivity index (χ2v) is 2.77. The lowest BCUT2D eigenvalue weighted by Crippen LogP contribution is -2.37. The Morgan fingerprint density at radius 1 is 1.23 bits per heavy atom. The van der Waals surface area contributed by atoms with Crippen molar-refractivity contribution in [2.75, 3.05) is 39.4 Å². The van der Waals surface area contributed by atoms with Crippen LogP contribution in [-0.4, -0.2) is 60.4 Å². The number of aliphatic hydroxyl groups is 2. The second-order valence-electron chi connectivity index (χ2n) is 2.77. The maximum atomic E-state index is 10.5. The van der Waals surface area contributed by atoms with E-state index in [0.29, 0.717) is 26.2 Å². The first kappa shape index (κ1) is 12.3. The summed E-state index contributed by atoms with van der Waals surface area (Å²) in [5.74, 6) is -0.0621. The third kappa shape index (κ3) is 7.70. The van der Waals surface area contributed by atoms with E-state index in [2.05, 4.69) is 5.32 Å². The van der Waals surface area contributed by atoms with Gasteiger partial charge in [0.2, 0.25) is 5.91 Å². The van der Waals surface area contributed by atoms with Gasteiger partial charge in [0.25, 0.3) is 0 Å². The number of carbonyl (C=O) groups is 1. The maximum Gasteiger partial charge on any atom is 0.216 e. The molecule has 0 atom stereocenters. The maximum absolute atomic E-state index is 10.5. The van der Waals surface area contributed by atoms with Crippen molar-refractivity contribution < 1.29 is 15.0 Å². The molecule has 0 heterocycles. The van der Waals surface area contributed by atoms with Crippen LogP contribution in [0.3, 0.4) is 0 Å². The van der Waals surface area contributed by atoms with E-state index in [4.69, 9.17) is 10.2 Å². The first-order valence-corrected chi connectivity index (χ1v) is 4.39. The Labute approximate surface area is 78.4 Å². The summed E-state index contributed by atoms with van der Waals surface area (Å²) in [5.41, 5.74) is 0. The highest BCUT2D eigenvalue weighted by atomic mass is 16.3. The van der Waals surface area contributed by atoms with E-state index in [-0.39, 0.29) is 19.1 Å². The largest absolute Gasteiger partial charge is 0.395 e. The molecular weight excluding hydrogens is 172 g/mol. The molecule has 78 valence electrons. The van der Waals surface area contributed by atoms with Crippen molar-refractivity contribution in [2.45, 2.75) is 6.92 Å². The van der Waals surface area contributed by atoms with Gasteiger partial charge in [0.1, 0.15) is 0 Å². The summed E-state index contributed by atoms with van der Waals surface area (Å²) in [7, 11) is 0. The first-order valence-electron chi connectivity index (χ1n) is 4.39. The van der Waals surface area contributed by atoms with Gasteiger partial charge in [-0.2, -0.15) is 0 Å². The summed E-state index contributed by atoms with van der Waals surface area (Å²) in [5, 5.41) is 20.0. The molecule has 0 aromatic rings. The van der Waals surface area contributed by atoms with Gasteiger partial charge in [0.15, 0.2) is 0 Å². The fraction of sp³-hybridized carbons (Fsp3) is 0.875. The minimum Gasteiger partial charge on any atom is -0.395 e. The Morgan fingerprint density at radius 3 is 2.15 bits per heavy atom. The van der Waals surface area contributed by atoms with Crippen molar-refractivity contribution in [2.24, 2.45) is 0 Å². The van der Waals surface area contributed by atoms with Gasteiger partial charge < -0.3 is 15.5 Å². The molecule has 1 amide bonds. The van der Waals surface area contributed by atoms with E-state index in [1.54, 1.807) is 0 Å². The molecule has 0 unspecified atom stereocenters. The molecular formula is C8H18N2O3. The van der Waals surface area contributed by atoms with Gasteiger partial charge in [-0.25, -0.2) is 0 Å². The van der Waals surface area contributed by atoms with E-state index < -0.39 is 0 Å². The Morgan fingerprint density at radius 2 is 1.77 bits per heavy atom. The number of hydrogen-bond donors (Lipinski definition) is 3. The fourth-order valence-corrected chi connectivity index (χ4v) is 1.01. The van der Waals surface area contributed by atoms with Gasteiger partial charge in [-0.15, -0.1) is 0 Å². The number of amides is 1. The summed E-state index contributed by atoms with van der Waals surface area (Å²) in [6, 6.07) is 0.